The molecule has 0 aliphatic carbocycles. The Hall–Kier alpha value is -1.15. The summed E-state index contributed by atoms with van der Waals surface area (Å²) in [6, 6.07) is -1.18. The second kappa shape index (κ2) is 41.3. The summed E-state index contributed by atoms with van der Waals surface area (Å²) in [5.41, 5.74) is 0. The standard InChI is InChI=1S/C51H99NO10/c1-3-5-7-9-11-13-14-15-16-17-18-19-20-21-22-23-24-25-26-27-28-29-30-31-33-34-36-38-43(54)46(56)42(41-61-51-49(59)48(58)47(57)45(40-53)62-51)52-50(60)44(55)39-37-35-32-12-10-8-6-4-2/h32,35,42-49,51,53-59H,3-31,33-34,36-41H2,1-2H3,(H,52,60)/b35-32-. The molecular formula is C51H99NO10. The number of aliphatic hydroxyl groups excluding tert-OH is 7. The lowest BCUT2D eigenvalue weighted by atomic mass is 9.98. The van der Waals surface area contributed by atoms with E-state index in [-0.39, 0.29) is 6.42 Å². The third-order valence-corrected chi connectivity index (χ3v) is 12.8. The van der Waals surface area contributed by atoms with Crippen molar-refractivity contribution in [3.8, 4) is 0 Å². The van der Waals surface area contributed by atoms with Gasteiger partial charge in [0.1, 0.15) is 36.6 Å². The van der Waals surface area contributed by atoms with Gasteiger partial charge in [-0.25, -0.2) is 0 Å². The Morgan fingerprint density at radius 2 is 0.952 bits per heavy atom. The number of nitrogens with one attached hydrogen (secondary N) is 1. The lowest BCUT2D eigenvalue weighted by Crippen LogP contribution is -2.60. The van der Waals surface area contributed by atoms with Crippen LogP contribution in [0.25, 0.3) is 0 Å². The second-order valence-corrected chi connectivity index (χ2v) is 18.6. The summed E-state index contributed by atoms with van der Waals surface area (Å²) >= 11 is 0. The van der Waals surface area contributed by atoms with E-state index in [2.05, 4.69) is 25.2 Å². The molecule has 8 N–H and O–H groups in total. The molecule has 1 amide bonds. The van der Waals surface area contributed by atoms with Crippen LogP contribution < -0.4 is 5.32 Å². The van der Waals surface area contributed by atoms with Gasteiger partial charge in [0.25, 0.3) is 0 Å². The molecule has 1 rings (SSSR count). The number of ether oxygens (including phenoxy) is 2. The molecule has 1 aliphatic heterocycles. The maximum absolute atomic E-state index is 13.0. The molecule has 0 aromatic heterocycles. The number of amides is 1. The molecule has 1 saturated heterocycles. The lowest BCUT2D eigenvalue weighted by Gasteiger charge is -2.40. The monoisotopic (exact) mass is 886 g/mol. The van der Waals surface area contributed by atoms with Gasteiger partial charge in [-0.1, -0.05) is 219 Å². The van der Waals surface area contributed by atoms with Crippen LogP contribution >= 0.6 is 0 Å². The topological polar surface area (TPSA) is 189 Å². The highest BCUT2D eigenvalue weighted by Gasteiger charge is 2.44. The highest BCUT2D eigenvalue weighted by Crippen LogP contribution is 2.23. The Morgan fingerprint density at radius 1 is 0.548 bits per heavy atom. The summed E-state index contributed by atoms with van der Waals surface area (Å²) in [6.45, 7) is 3.38. The van der Waals surface area contributed by atoms with Gasteiger partial charge in [0.2, 0.25) is 5.91 Å². The van der Waals surface area contributed by atoms with Gasteiger partial charge in [-0.2, -0.15) is 0 Å². The van der Waals surface area contributed by atoms with Crippen molar-refractivity contribution < 1.29 is 50.0 Å². The third kappa shape index (κ3) is 30.1. The van der Waals surface area contributed by atoms with Crippen LogP contribution in [0.5, 0.6) is 0 Å². The first-order valence-electron chi connectivity index (χ1n) is 26.1. The maximum Gasteiger partial charge on any atom is 0.249 e. The molecule has 0 aromatic carbocycles. The minimum Gasteiger partial charge on any atom is -0.394 e. The molecule has 1 aliphatic rings. The maximum atomic E-state index is 13.0. The average molecular weight is 886 g/mol. The van der Waals surface area contributed by atoms with Crippen LogP contribution in [-0.4, -0.2) is 110 Å². The van der Waals surface area contributed by atoms with Gasteiger partial charge in [0.05, 0.1) is 25.4 Å². The van der Waals surface area contributed by atoms with Crippen molar-refractivity contribution in [1.29, 1.82) is 0 Å². The number of carbonyl (C=O) groups is 1. The fraction of sp³-hybridized carbons (Fsp3) is 0.941. The van der Waals surface area contributed by atoms with E-state index in [1.165, 1.54) is 167 Å². The van der Waals surface area contributed by atoms with Gasteiger partial charge in [-0.05, 0) is 32.1 Å². The summed E-state index contributed by atoms with van der Waals surface area (Å²) in [5, 5.41) is 75.5. The minimum absolute atomic E-state index is 0.176. The molecule has 0 radical (unpaired) electrons. The number of hydrogen-bond donors (Lipinski definition) is 8. The normalized spacial score (nSPS) is 21.3. The molecule has 0 saturated carbocycles. The first kappa shape index (κ1) is 58.9. The summed E-state index contributed by atoms with van der Waals surface area (Å²) in [4.78, 5) is 13.0. The molecule has 368 valence electrons. The fourth-order valence-corrected chi connectivity index (χ4v) is 8.50. The molecule has 62 heavy (non-hydrogen) atoms. The number of unbranched alkanes of at least 4 members (excludes halogenated alkanes) is 30. The summed E-state index contributed by atoms with van der Waals surface area (Å²) in [6.07, 6.45) is 34.6. The zero-order valence-electron chi connectivity index (χ0n) is 39.9. The number of aliphatic hydroxyl groups is 7. The first-order valence-corrected chi connectivity index (χ1v) is 26.1. The Morgan fingerprint density at radius 3 is 1.39 bits per heavy atom. The predicted molar refractivity (Wildman–Crippen MR) is 252 cm³/mol. The van der Waals surface area contributed by atoms with Crippen LogP contribution in [0.3, 0.4) is 0 Å². The van der Waals surface area contributed by atoms with Crippen LogP contribution in [0.1, 0.15) is 239 Å². The van der Waals surface area contributed by atoms with Crippen LogP contribution in [-0.2, 0) is 14.3 Å². The summed E-state index contributed by atoms with van der Waals surface area (Å²) in [5.74, 6) is -0.731. The van der Waals surface area contributed by atoms with Crippen molar-refractivity contribution in [2.45, 2.75) is 294 Å². The Kier molecular flexibility index (Phi) is 39.2. The van der Waals surface area contributed by atoms with Crippen molar-refractivity contribution in [2.75, 3.05) is 13.2 Å². The Bertz CT molecular complexity index is 1020. The van der Waals surface area contributed by atoms with Gasteiger partial charge >= 0.3 is 0 Å². The number of allylic oxidation sites excluding steroid dienone is 2. The molecule has 0 spiro atoms. The largest absolute Gasteiger partial charge is 0.394 e. The highest BCUT2D eigenvalue weighted by atomic mass is 16.7. The minimum atomic E-state index is -1.66. The van der Waals surface area contributed by atoms with Gasteiger partial charge in [-0.3, -0.25) is 4.79 Å². The van der Waals surface area contributed by atoms with E-state index < -0.39 is 74.2 Å². The van der Waals surface area contributed by atoms with Crippen LogP contribution in [0.4, 0.5) is 0 Å². The quantitative estimate of drug-likeness (QED) is 0.0216. The SMILES string of the molecule is CCCCCC/C=C\CCC(O)C(=O)NC(COC1OC(CO)C(O)C(O)C1O)C(O)C(O)CCCCCCCCCCCCCCCCCCCCCCCCCCCCC. The van der Waals surface area contributed by atoms with Gasteiger partial charge in [0.15, 0.2) is 6.29 Å². The van der Waals surface area contributed by atoms with Gasteiger partial charge in [0, 0.05) is 0 Å². The van der Waals surface area contributed by atoms with Gasteiger partial charge < -0.3 is 50.5 Å². The van der Waals surface area contributed by atoms with Gasteiger partial charge in [-0.15, -0.1) is 0 Å². The van der Waals surface area contributed by atoms with Crippen molar-refractivity contribution in [3.05, 3.63) is 12.2 Å². The highest BCUT2D eigenvalue weighted by molar-refractivity contribution is 5.80. The smallest absolute Gasteiger partial charge is 0.249 e. The molecule has 11 heteroatoms. The van der Waals surface area contributed by atoms with Crippen molar-refractivity contribution in [2.24, 2.45) is 0 Å². The van der Waals surface area contributed by atoms with Crippen LogP contribution in [0.2, 0.25) is 0 Å². The van der Waals surface area contributed by atoms with E-state index in [1.54, 1.807) is 0 Å². The summed E-state index contributed by atoms with van der Waals surface area (Å²) in [7, 11) is 0. The zero-order valence-corrected chi connectivity index (χ0v) is 39.9. The number of carbonyl (C=O) groups excluding carboxylic acids is 1. The summed E-state index contributed by atoms with van der Waals surface area (Å²) < 4.78 is 11.1. The molecule has 0 bridgehead atoms. The Balaban J connectivity index is 2.24. The van der Waals surface area contributed by atoms with E-state index in [0.717, 1.165) is 32.1 Å². The molecule has 1 heterocycles. The van der Waals surface area contributed by atoms with Crippen LogP contribution in [0, 0.1) is 0 Å². The van der Waals surface area contributed by atoms with E-state index in [4.69, 9.17) is 9.47 Å². The van der Waals surface area contributed by atoms with Crippen molar-refractivity contribution in [1.82, 2.24) is 5.32 Å². The Labute approximate surface area is 379 Å². The van der Waals surface area contributed by atoms with E-state index >= 15 is 0 Å². The van der Waals surface area contributed by atoms with E-state index in [9.17, 15) is 40.5 Å². The first-order chi connectivity index (χ1) is 30.2. The lowest BCUT2D eigenvalue weighted by molar-refractivity contribution is -0.303. The van der Waals surface area contributed by atoms with E-state index in [0.29, 0.717) is 19.3 Å². The molecular weight excluding hydrogens is 787 g/mol. The molecule has 9 atom stereocenters. The average Bonchev–Trinajstić information content (AvgIpc) is 3.27. The van der Waals surface area contributed by atoms with Crippen LogP contribution in [0.15, 0.2) is 12.2 Å². The second-order valence-electron chi connectivity index (χ2n) is 18.6. The molecule has 0 aromatic rings. The molecule has 1 fully saturated rings. The predicted octanol–water partition coefficient (Wildman–Crippen LogP) is 9.62. The zero-order chi connectivity index (χ0) is 45.5. The van der Waals surface area contributed by atoms with E-state index in [1.807, 2.05) is 6.08 Å². The fourth-order valence-electron chi connectivity index (χ4n) is 8.50. The number of rotatable bonds is 44. The molecule has 11 nitrogen and oxygen atoms in total. The van der Waals surface area contributed by atoms with Crippen molar-refractivity contribution in [3.63, 3.8) is 0 Å². The number of hydrogen-bond acceptors (Lipinski definition) is 10. The van der Waals surface area contributed by atoms with Crippen molar-refractivity contribution >= 4 is 5.91 Å². The molecule has 9 unspecified atom stereocenters. The third-order valence-electron chi connectivity index (χ3n) is 12.8.